The van der Waals surface area contributed by atoms with Gasteiger partial charge in [-0.1, -0.05) is 43.5 Å². The molecular formula is C22H27N5. The molecule has 0 saturated heterocycles. The third-order valence-electron chi connectivity index (χ3n) is 5.81. The Labute approximate surface area is 160 Å². The van der Waals surface area contributed by atoms with E-state index in [4.69, 9.17) is 0 Å². The van der Waals surface area contributed by atoms with Crippen LogP contribution < -0.4 is 5.32 Å². The molecule has 1 N–H and O–H groups in total. The summed E-state index contributed by atoms with van der Waals surface area (Å²) in [6.45, 7) is 6.39. The van der Waals surface area contributed by atoms with E-state index in [1.807, 2.05) is 4.68 Å². The largest absolute Gasteiger partial charge is 0.373 e. The Bertz CT molecular complexity index is 937. The van der Waals surface area contributed by atoms with Crippen LogP contribution in [0.2, 0.25) is 0 Å². The number of rotatable bonds is 4. The first-order chi connectivity index (χ1) is 13.1. The second-order valence-electron chi connectivity index (χ2n) is 7.77. The molecule has 3 aromatic rings. The Morgan fingerprint density at radius 3 is 2.52 bits per heavy atom. The Morgan fingerprint density at radius 1 is 0.963 bits per heavy atom. The molecule has 0 unspecified atom stereocenters. The lowest BCUT2D eigenvalue weighted by Crippen LogP contribution is -2.40. The SMILES string of the molecule is Cc1cccc(NC2(c3nnnn3-c3cccc(C)c3C)CCCCC2)c1. The molecule has 1 aromatic heterocycles. The second kappa shape index (κ2) is 7.14. The number of aryl methyl sites for hydroxylation is 2. The number of hydrogen-bond acceptors (Lipinski definition) is 4. The van der Waals surface area contributed by atoms with E-state index in [0.717, 1.165) is 30.0 Å². The molecule has 2 aromatic carbocycles. The van der Waals surface area contributed by atoms with Crippen LogP contribution in [-0.4, -0.2) is 20.2 Å². The average Bonchev–Trinajstić information content (AvgIpc) is 3.15. The molecule has 1 fully saturated rings. The van der Waals surface area contributed by atoms with Crippen molar-refractivity contribution in [3.63, 3.8) is 0 Å². The summed E-state index contributed by atoms with van der Waals surface area (Å²) in [5.74, 6) is 0.914. The number of nitrogens with one attached hydrogen (secondary N) is 1. The van der Waals surface area contributed by atoms with Crippen LogP contribution in [0.15, 0.2) is 42.5 Å². The Kier molecular flexibility index (Phi) is 4.68. The van der Waals surface area contributed by atoms with Crippen molar-refractivity contribution in [1.29, 1.82) is 0 Å². The highest BCUT2D eigenvalue weighted by molar-refractivity contribution is 5.50. The maximum Gasteiger partial charge on any atom is 0.181 e. The van der Waals surface area contributed by atoms with Gasteiger partial charge in [-0.05, 0) is 78.9 Å². The molecule has 0 radical (unpaired) electrons. The minimum atomic E-state index is -0.244. The molecule has 1 aliphatic rings. The molecular weight excluding hydrogens is 334 g/mol. The first kappa shape index (κ1) is 17.7. The lowest BCUT2D eigenvalue weighted by atomic mass is 9.80. The average molecular weight is 361 g/mol. The van der Waals surface area contributed by atoms with Crippen molar-refractivity contribution in [2.24, 2.45) is 0 Å². The minimum absolute atomic E-state index is 0.244. The molecule has 0 spiro atoms. The van der Waals surface area contributed by atoms with Gasteiger partial charge < -0.3 is 5.32 Å². The van der Waals surface area contributed by atoms with E-state index in [1.54, 1.807) is 0 Å². The first-order valence-corrected chi connectivity index (χ1v) is 9.79. The van der Waals surface area contributed by atoms with E-state index in [9.17, 15) is 0 Å². The fourth-order valence-electron chi connectivity index (χ4n) is 4.17. The molecule has 5 heteroatoms. The third-order valence-corrected chi connectivity index (χ3v) is 5.81. The van der Waals surface area contributed by atoms with Crippen LogP contribution in [-0.2, 0) is 5.54 Å². The molecule has 0 bridgehead atoms. The summed E-state index contributed by atoms with van der Waals surface area (Å²) >= 11 is 0. The number of anilines is 1. The van der Waals surface area contributed by atoms with Gasteiger partial charge in [-0.2, -0.15) is 4.68 Å². The van der Waals surface area contributed by atoms with Gasteiger partial charge in [-0.15, -0.1) is 5.10 Å². The topological polar surface area (TPSA) is 55.6 Å². The number of hydrogen-bond donors (Lipinski definition) is 1. The van der Waals surface area contributed by atoms with E-state index in [1.165, 1.54) is 36.0 Å². The van der Waals surface area contributed by atoms with Crippen LogP contribution in [0.25, 0.3) is 5.69 Å². The summed E-state index contributed by atoms with van der Waals surface area (Å²) in [5.41, 5.74) is 5.66. The maximum absolute atomic E-state index is 4.52. The van der Waals surface area contributed by atoms with Gasteiger partial charge in [0.25, 0.3) is 0 Å². The highest BCUT2D eigenvalue weighted by Crippen LogP contribution is 2.40. The highest BCUT2D eigenvalue weighted by Gasteiger charge is 2.39. The number of tetrazole rings is 1. The molecule has 4 rings (SSSR count). The zero-order valence-corrected chi connectivity index (χ0v) is 16.4. The highest BCUT2D eigenvalue weighted by atomic mass is 15.6. The normalized spacial score (nSPS) is 16.3. The quantitative estimate of drug-likeness (QED) is 0.721. The van der Waals surface area contributed by atoms with Gasteiger partial charge in [-0.3, -0.25) is 0 Å². The van der Waals surface area contributed by atoms with Crippen molar-refractivity contribution in [3.05, 3.63) is 65.0 Å². The third kappa shape index (κ3) is 3.34. The smallest absolute Gasteiger partial charge is 0.181 e. The van der Waals surface area contributed by atoms with Gasteiger partial charge in [0, 0.05) is 5.69 Å². The van der Waals surface area contributed by atoms with Gasteiger partial charge >= 0.3 is 0 Å². The Balaban J connectivity index is 1.81. The van der Waals surface area contributed by atoms with Crippen LogP contribution >= 0.6 is 0 Å². The van der Waals surface area contributed by atoms with Crippen molar-refractivity contribution in [3.8, 4) is 5.69 Å². The minimum Gasteiger partial charge on any atom is -0.373 e. The molecule has 27 heavy (non-hydrogen) atoms. The number of benzene rings is 2. The van der Waals surface area contributed by atoms with Crippen molar-refractivity contribution in [2.75, 3.05) is 5.32 Å². The lowest BCUT2D eigenvalue weighted by molar-refractivity contribution is 0.309. The van der Waals surface area contributed by atoms with E-state index in [-0.39, 0.29) is 5.54 Å². The van der Waals surface area contributed by atoms with Crippen LogP contribution in [0.1, 0.15) is 54.6 Å². The van der Waals surface area contributed by atoms with Crippen LogP contribution in [0.4, 0.5) is 5.69 Å². The summed E-state index contributed by atoms with van der Waals surface area (Å²) in [5, 5.41) is 16.8. The summed E-state index contributed by atoms with van der Waals surface area (Å²) in [4.78, 5) is 0. The van der Waals surface area contributed by atoms with Crippen molar-refractivity contribution >= 4 is 5.69 Å². The molecule has 0 amide bonds. The second-order valence-corrected chi connectivity index (χ2v) is 7.77. The monoisotopic (exact) mass is 361 g/mol. The van der Waals surface area contributed by atoms with E-state index in [2.05, 4.69) is 84.1 Å². The van der Waals surface area contributed by atoms with Crippen molar-refractivity contribution in [1.82, 2.24) is 20.2 Å². The van der Waals surface area contributed by atoms with Crippen molar-refractivity contribution < 1.29 is 0 Å². The van der Waals surface area contributed by atoms with Crippen molar-refractivity contribution in [2.45, 2.75) is 58.4 Å². The van der Waals surface area contributed by atoms with Gasteiger partial charge in [0.2, 0.25) is 0 Å². The predicted molar refractivity (Wildman–Crippen MR) is 108 cm³/mol. The number of aromatic nitrogens is 4. The van der Waals surface area contributed by atoms with E-state index < -0.39 is 0 Å². The van der Waals surface area contributed by atoms with Gasteiger partial charge in [-0.25, -0.2) is 0 Å². The summed E-state index contributed by atoms with van der Waals surface area (Å²) < 4.78 is 1.94. The summed E-state index contributed by atoms with van der Waals surface area (Å²) in [6.07, 6.45) is 5.69. The summed E-state index contributed by atoms with van der Waals surface area (Å²) in [6, 6.07) is 14.9. The molecule has 1 heterocycles. The zero-order valence-electron chi connectivity index (χ0n) is 16.4. The maximum atomic E-state index is 4.52. The fraction of sp³-hybridized carbons (Fsp3) is 0.409. The van der Waals surface area contributed by atoms with Gasteiger partial charge in [0.05, 0.1) is 11.2 Å². The molecule has 0 aliphatic heterocycles. The molecule has 1 saturated carbocycles. The predicted octanol–water partition coefficient (Wildman–Crippen LogP) is 4.86. The Hall–Kier alpha value is -2.69. The standard InChI is InChI=1S/C22H27N5/c1-16-9-7-11-19(15-16)23-22(13-5-4-6-14-22)21-24-25-26-27(21)20-12-8-10-17(2)18(20)3/h7-12,15,23H,4-6,13-14H2,1-3H3. The van der Waals surface area contributed by atoms with Crippen LogP contribution in [0.5, 0.6) is 0 Å². The molecule has 5 nitrogen and oxygen atoms in total. The first-order valence-electron chi connectivity index (χ1n) is 9.79. The lowest BCUT2D eigenvalue weighted by Gasteiger charge is -2.38. The van der Waals surface area contributed by atoms with E-state index in [0.29, 0.717) is 0 Å². The zero-order chi connectivity index (χ0) is 18.9. The molecule has 0 atom stereocenters. The number of nitrogens with zero attached hydrogens (tertiary/aromatic N) is 4. The molecule has 1 aliphatic carbocycles. The van der Waals surface area contributed by atoms with Gasteiger partial charge in [0.1, 0.15) is 0 Å². The fourth-order valence-corrected chi connectivity index (χ4v) is 4.17. The van der Waals surface area contributed by atoms with Crippen LogP contribution in [0, 0.1) is 20.8 Å². The van der Waals surface area contributed by atoms with Crippen LogP contribution in [0.3, 0.4) is 0 Å². The molecule has 140 valence electrons. The van der Waals surface area contributed by atoms with E-state index >= 15 is 0 Å². The Morgan fingerprint density at radius 2 is 1.74 bits per heavy atom. The summed E-state index contributed by atoms with van der Waals surface area (Å²) in [7, 11) is 0. The van der Waals surface area contributed by atoms with Gasteiger partial charge in [0.15, 0.2) is 5.82 Å².